The number of nitrogens with zero attached hydrogens (tertiary/aromatic N) is 2. The SMILES string of the molecule is O=C(CN1CCN(S(=O)(=O)c2ccccc2Cl)CC1)Nc1cccc(F)c1. The first kappa shape index (κ1) is 19.8. The van der Waals surface area contributed by atoms with Crippen molar-refractivity contribution < 1.29 is 17.6 Å². The van der Waals surface area contributed by atoms with Gasteiger partial charge in [-0.05, 0) is 30.3 Å². The normalized spacial score (nSPS) is 16.2. The molecular formula is C18H19ClFN3O3S. The van der Waals surface area contributed by atoms with E-state index in [4.69, 9.17) is 11.6 Å². The van der Waals surface area contributed by atoms with Crippen molar-refractivity contribution in [2.75, 3.05) is 38.0 Å². The Kier molecular flexibility index (Phi) is 6.11. The van der Waals surface area contributed by atoms with E-state index in [9.17, 15) is 17.6 Å². The predicted molar refractivity (Wildman–Crippen MR) is 102 cm³/mol. The number of nitrogens with one attached hydrogen (secondary N) is 1. The lowest BCUT2D eigenvalue weighted by atomic mass is 10.3. The Morgan fingerprint density at radius 2 is 1.78 bits per heavy atom. The Balaban J connectivity index is 1.56. The second kappa shape index (κ2) is 8.35. The average Bonchev–Trinajstić information content (AvgIpc) is 2.62. The van der Waals surface area contributed by atoms with Crippen molar-refractivity contribution in [2.45, 2.75) is 4.90 Å². The highest BCUT2D eigenvalue weighted by molar-refractivity contribution is 7.89. The van der Waals surface area contributed by atoms with Gasteiger partial charge < -0.3 is 5.32 Å². The molecule has 1 amide bonds. The van der Waals surface area contributed by atoms with E-state index in [-0.39, 0.29) is 35.5 Å². The van der Waals surface area contributed by atoms with Gasteiger partial charge in [-0.2, -0.15) is 4.31 Å². The number of piperazine rings is 1. The fourth-order valence-corrected chi connectivity index (χ4v) is 4.81. The van der Waals surface area contributed by atoms with Gasteiger partial charge in [0.25, 0.3) is 0 Å². The average molecular weight is 412 g/mol. The maximum Gasteiger partial charge on any atom is 0.244 e. The third-order valence-electron chi connectivity index (χ3n) is 4.26. The first-order valence-electron chi connectivity index (χ1n) is 8.39. The Morgan fingerprint density at radius 3 is 2.44 bits per heavy atom. The smallest absolute Gasteiger partial charge is 0.244 e. The topological polar surface area (TPSA) is 69.7 Å². The van der Waals surface area contributed by atoms with Crippen molar-refractivity contribution in [3.63, 3.8) is 0 Å². The molecule has 0 bridgehead atoms. The number of carbonyl (C=O) groups excluding carboxylic acids is 1. The summed E-state index contributed by atoms with van der Waals surface area (Å²) in [5.41, 5.74) is 0.389. The predicted octanol–water partition coefficient (Wildman–Crippen LogP) is 2.42. The van der Waals surface area contributed by atoms with Gasteiger partial charge in [-0.3, -0.25) is 9.69 Å². The molecule has 0 aromatic heterocycles. The first-order valence-corrected chi connectivity index (χ1v) is 10.2. The van der Waals surface area contributed by atoms with Crippen molar-refractivity contribution in [3.05, 3.63) is 59.4 Å². The number of hydrogen-bond acceptors (Lipinski definition) is 4. The number of halogens is 2. The van der Waals surface area contributed by atoms with E-state index in [2.05, 4.69) is 5.32 Å². The number of anilines is 1. The summed E-state index contributed by atoms with van der Waals surface area (Å²) in [7, 11) is -3.67. The lowest BCUT2D eigenvalue weighted by Crippen LogP contribution is -2.50. The largest absolute Gasteiger partial charge is 0.325 e. The standard InChI is InChI=1S/C18H19ClFN3O3S/c19-16-6-1-2-7-17(16)27(25,26)23-10-8-22(9-11-23)13-18(24)21-15-5-3-4-14(20)12-15/h1-7,12H,8-11,13H2,(H,21,24). The lowest BCUT2D eigenvalue weighted by molar-refractivity contribution is -0.117. The Labute approximate surface area is 162 Å². The van der Waals surface area contributed by atoms with Crippen molar-refractivity contribution in [1.82, 2.24) is 9.21 Å². The molecule has 9 heteroatoms. The van der Waals surface area contributed by atoms with Crippen molar-refractivity contribution in [3.8, 4) is 0 Å². The molecule has 27 heavy (non-hydrogen) atoms. The van der Waals surface area contributed by atoms with Crippen LogP contribution in [0.4, 0.5) is 10.1 Å². The Hall–Kier alpha value is -2.00. The molecule has 6 nitrogen and oxygen atoms in total. The van der Waals surface area contributed by atoms with Gasteiger partial charge in [0.05, 0.1) is 11.6 Å². The van der Waals surface area contributed by atoms with Crippen molar-refractivity contribution in [1.29, 1.82) is 0 Å². The van der Waals surface area contributed by atoms with E-state index in [0.29, 0.717) is 18.8 Å². The Morgan fingerprint density at radius 1 is 1.07 bits per heavy atom. The molecule has 2 aromatic carbocycles. The van der Waals surface area contributed by atoms with Gasteiger partial charge in [0.1, 0.15) is 10.7 Å². The third kappa shape index (κ3) is 4.84. The maximum absolute atomic E-state index is 13.2. The highest BCUT2D eigenvalue weighted by atomic mass is 35.5. The van der Waals surface area contributed by atoms with E-state index in [0.717, 1.165) is 0 Å². The van der Waals surface area contributed by atoms with Crippen LogP contribution in [0, 0.1) is 5.82 Å². The number of rotatable bonds is 5. The van der Waals surface area contributed by atoms with Crippen LogP contribution in [0.25, 0.3) is 0 Å². The summed E-state index contributed by atoms with van der Waals surface area (Å²) in [6.07, 6.45) is 0. The first-order chi connectivity index (χ1) is 12.9. The quantitative estimate of drug-likeness (QED) is 0.820. The zero-order chi connectivity index (χ0) is 19.4. The molecule has 0 saturated carbocycles. The van der Waals surface area contributed by atoms with E-state index in [1.54, 1.807) is 24.3 Å². The summed E-state index contributed by atoms with van der Waals surface area (Å²) in [5.74, 6) is -0.700. The summed E-state index contributed by atoms with van der Waals surface area (Å²) in [6, 6.07) is 12.0. The molecule has 3 rings (SSSR count). The molecule has 0 aliphatic carbocycles. The fraction of sp³-hybridized carbons (Fsp3) is 0.278. The van der Waals surface area contributed by atoms with E-state index in [1.165, 1.54) is 28.6 Å². The van der Waals surface area contributed by atoms with Crippen molar-refractivity contribution >= 4 is 33.2 Å². The monoisotopic (exact) mass is 411 g/mol. The molecule has 0 atom stereocenters. The maximum atomic E-state index is 13.2. The van der Waals surface area contributed by atoms with E-state index in [1.807, 2.05) is 4.90 Å². The molecular weight excluding hydrogens is 393 g/mol. The van der Waals surface area contributed by atoms with Crippen LogP contribution in [0.5, 0.6) is 0 Å². The fourth-order valence-electron chi connectivity index (χ4n) is 2.89. The molecule has 0 radical (unpaired) electrons. The number of amides is 1. The van der Waals surface area contributed by atoms with Crippen LogP contribution in [0.1, 0.15) is 0 Å². The van der Waals surface area contributed by atoms with Crippen LogP contribution >= 0.6 is 11.6 Å². The Bertz CT molecular complexity index is 931. The van der Waals surface area contributed by atoms with Crippen LogP contribution in [0.15, 0.2) is 53.4 Å². The molecule has 0 unspecified atom stereocenters. The highest BCUT2D eigenvalue weighted by Gasteiger charge is 2.30. The van der Waals surface area contributed by atoms with Gasteiger partial charge in [-0.15, -0.1) is 0 Å². The summed E-state index contributed by atoms with van der Waals surface area (Å²) < 4.78 is 40.0. The number of hydrogen-bond donors (Lipinski definition) is 1. The van der Waals surface area contributed by atoms with Crippen LogP contribution in [0.2, 0.25) is 5.02 Å². The van der Waals surface area contributed by atoms with E-state index >= 15 is 0 Å². The van der Waals surface area contributed by atoms with Gasteiger partial charge in [-0.25, -0.2) is 12.8 Å². The summed E-state index contributed by atoms with van der Waals surface area (Å²) in [6.45, 7) is 1.47. The third-order valence-corrected chi connectivity index (χ3v) is 6.66. The minimum atomic E-state index is -3.67. The number of benzene rings is 2. The minimum absolute atomic E-state index is 0.0870. The summed E-state index contributed by atoms with van der Waals surface area (Å²) >= 11 is 6.02. The van der Waals surface area contributed by atoms with Gasteiger partial charge in [-0.1, -0.05) is 29.8 Å². The van der Waals surface area contributed by atoms with Gasteiger partial charge in [0.15, 0.2) is 0 Å². The minimum Gasteiger partial charge on any atom is -0.325 e. The molecule has 1 aliphatic rings. The second-order valence-electron chi connectivity index (χ2n) is 6.17. The number of carbonyl (C=O) groups is 1. The summed E-state index contributed by atoms with van der Waals surface area (Å²) in [4.78, 5) is 14.1. The molecule has 1 saturated heterocycles. The zero-order valence-corrected chi connectivity index (χ0v) is 16.0. The molecule has 1 N–H and O–H groups in total. The number of sulfonamides is 1. The van der Waals surface area contributed by atoms with E-state index < -0.39 is 15.8 Å². The van der Waals surface area contributed by atoms with Crippen LogP contribution in [-0.4, -0.2) is 56.3 Å². The van der Waals surface area contributed by atoms with Gasteiger partial charge >= 0.3 is 0 Å². The zero-order valence-electron chi connectivity index (χ0n) is 14.4. The summed E-state index contributed by atoms with van der Waals surface area (Å²) in [5, 5.41) is 2.82. The van der Waals surface area contributed by atoms with Crippen molar-refractivity contribution in [2.24, 2.45) is 0 Å². The van der Waals surface area contributed by atoms with Gasteiger partial charge in [0, 0.05) is 31.9 Å². The molecule has 2 aromatic rings. The van der Waals surface area contributed by atoms with Gasteiger partial charge in [0.2, 0.25) is 15.9 Å². The van der Waals surface area contributed by atoms with Crippen LogP contribution in [-0.2, 0) is 14.8 Å². The van der Waals surface area contributed by atoms with Crippen LogP contribution in [0.3, 0.4) is 0 Å². The molecule has 1 fully saturated rings. The highest BCUT2D eigenvalue weighted by Crippen LogP contribution is 2.25. The molecule has 144 valence electrons. The lowest BCUT2D eigenvalue weighted by Gasteiger charge is -2.33. The second-order valence-corrected chi connectivity index (χ2v) is 8.48. The molecule has 1 aliphatic heterocycles. The molecule has 0 spiro atoms. The molecule has 1 heterocycles. The van der Waals surface area contributed by atoms with Crippen LogP contribution < -0.4 is 5.32 Å².